The van der Waals surface area contributed by atoms with Crippen LogP contribution in [-0.2, 0) is 11.3 Å². The van der Waals surface area contributed by atoms with Gasteiger partial charge in [0.25, 0.3) is 0 Å². The highest BCUT2D eigenvalue weighted by Crippen LogP contribution is 2.32. The third-order valence-electron chi connectivity index (χ3n) is 5.90. The number of rotatable bonds is 8. The van der Waals surface area contributed by atoms with E-state index in [1.165, 1.54) is 17.3 Å². The first kappa shape index (κ1) is 24.2. The van der Waals surface area contributed by atoms with Gasteiger partial charge in [-0.25, -0.2) is 14.4 Å². The molecule has 10 heteroatoms. The van der Waals surface area contributed by atoms with Crippen molar-refractivity contribution >= 4 is 35.2 Å². The maximum atomic E-state index is 14.2. The zero-order valence-corrected chi connectivity index (χ0v) is 20.8. The first-order chi connectivity index (χ1) is 17.6. The number of nitrogens with one attached hydrogen (secondary N) is 2. The predicted octanol–water partition coefficient (Wildman–Crippen LogP) is 4.37. The van der Waals surface area contributed by atoms with Crippen LogP contribution in [0.4, 0.5) is 21.6 Å². The molecule has 2 N–H and O–H groups in total. The lowest BCUT2D eigenvalue weighted by molar-refractivity contribution is 0.122. The average Bonchev–Trinajstić information content (AvgIpc) is 3.44. The predicted molar refractivity (Wildman–Crippen MR) is 142 cm³/mol. The second-order valence-corrected chi connectivity index (χ2v) is 9.59. The van der Waals surface area contributed by atoms with Crippen LogP contribution in [0.1, 0.15) is 28.6 Å². The number of allylic oxidation sites excluding steroid dienone is 1. The number of aryl methyl sites for hydroxylation is 1. The minimum atomic E-state index is -0.432. The van der Waals surface area contributed by atoms with Gasteiger partial charge in [0.05, 0.1) is 49.7 Å². The van der Waals surface area contributed by atoms with Crippen LogP contribution in [0.3, 0.4) is 0 Å². The van der Waals surface area contributed by atoms with Crippen LogP contribution >= 0.6 is 11.8 Å². The number of morpholine rings is 1. The molecule has 1 fully saturated rings. The summed E-state index contributed by atoms with van der Waals surface area (Å²) in [6.45, 7) is 4.73. The zero-order valence-electron chi connectivity index (χ0n) is 20.0. The third-order valence-corrected chi connectivity index (χ3v) is 6.80. The number of aromatic nitrogens is 3. The van der Waals surface area contributed by atoms with Crippen molar-refractivity contribution in [2.24, 2.45) is 5.10 Å². The van der Waals surface area contributed by atoms with Crippen LogP contribution in [-0.4, -0.2) is 53.2 Å². The summed E-state index contributed by atoms with van der Waals surface area (Å²) in [5.41, 5.74) is 8.13. The molecule has 0 aliphatic carbocycles. The van der Waals surface area contributed by atoms with Crippen molar-refractivity contribution < 1.29 is 9.13 Å². The number of hydrogen-bond donors (Lipinski definition) is 2. The Morgan fingerprint density at radius 1 is 1.17 bits per heavy atom. The number of hydrazone groups is 1. The van der Waals surface area contributed by atoms with Crippen LogP contribution in [0.25, 0.3) is 0 Å². The molecule has 4 heterocycles. The molecule has 1 atom stereocenters. The molecule has 2 aliphatic rings. The molecule has 5 rings (SSSR count). The number of ether oxygens (including phenoxy) is 1. The van der Waals surface area contributed by atoms with E-state index >= 15 is 0 Å². The summed E-state index contributed by atoms with van der Waals surface area (Å²) in [5.74, 6) is 1.89. The summed E-state index contributed by atoms with van der Waals surface area (Å²) in [6, 6.07) is 10.5. The van der Waals surface area contributed by atoms with E-state index in [4.69, 9.17) is 4.74 Å². The third kappa shape index (κ3) is 6.19. The molecule has 0 amide bonds. The molecule has 36 heavy (non-hydrogen) atoms. The van der Waals surface area contributed by atoms with E-state index in [0.29, 0.717) is 49.6 Å². The number of hydrogen-bond acceptors (Lipinski definition) is 9. The minimum Gasteiger partial charge on any atom is -0.378 e. The van der Waals surface area contributed by atoms with Gasteiger partial charge in [0.2, 0.25) is 0 Å². The lowest BCUT2D eigenvalue weighted by Crippen LogP contribution is -2.37. The fraction of sp³-hybridized carbons (Fsp3) is 0.308. The minimum absolute atomic E-state index is 0.276. The van der Waals surface area contributed by atoms with E-state index < -0.39 is 5.82 Å². The van der Waals surface area contributed by atoms with Gasteiger partial charge in [0.15, 0.2) is 17.5 Å². The largest absolute Gasteiger partial charge is 0.378 e. The summed E-state index contributed by atoms with van der Waals surface area (Å²) in [6.07, 6.45) is 6.88. The molecule has 0 saturated carbocycles. The zero-order chi connectivity index (χ0) is 24.7. The van der Waals surface area contributed by atoms with E-state index in [-0.39, 0.29) is 6.54 Å². The maximum Gasteiger partial charge on any atom is 0.183 e. The van der Waals surface area contributed by atoms with Crippen molar-refractivity contribution in [1.29, 1.82) is 0 Å². The van der Waals surface area contributed by atoms with Gasteiger partial charge >= 0.3 is 0 Å². The highest BCUT2D eigenvalue weighted by Gasteiger charge is 2.17. The van der Waals surface area contributed by atoms with E-state index in [9.17, 15) is 4.39 Å². The first-order valence-corrected chi connectivity index (χ1v) is 12.9. The Balaban J connectivity index is 1.16. The summed E-state index contributed by atoms with van der Waals surface area (Å²) < 4.78 is 19.5. The Morgan fingerprint density at radius 2 is 2.06 bits per heavy atom. The Hall–Kier alpha value is -3.50. The summed E-state index contributed by atoms with van der Waals surface area (Å²) in [7, 11) is 0. The molecule has 0 bridgehead atoms. The van der Waals surface area contributed by atoms with Crippen molar-refractivity contribution in [2.45, 2.75) is 19.4 Å². The summed E-state index contributed by atoms with van der Waals surface area (Å²) in [5, 5.41) is 9.83. The normalized spacial score (nSPS) is 17.6. The molecule has 1 saturated heterocycles. The van der Waals surface area contributed by atoms with Gasteiger partial charge in [0.1, 0.15) is 0 Å². The standard InChI is InChI=1S/C26H28FN7OS/c1-18-10-20(19-4-9-36-17-19)12-23(11-18)32-22-3-2-21(28-13-22)14-30-31-16-25-29-15-24(27)26(33-25)34-5-7-35-8-6-34/h2-4,9-15,19,31-32H,5-8,16-17H2,1H3/b30-14+. The molecule has 0 spiro atoms. The molecule has 3 aromatic rings. The first-order valence-electron chi connectivity index (χ1n) is 11.9. The quantitative estimate of drug-likeness (QED) is 0.345. The van der Waals surface area contributed by atoms with Crippen molar-refractivity contribution in [2.75, 3.05) is 42.3 Å². The topological polar surface area (TPSA) is 87.6 Å². The van der Waals surface area contributed by atoms with Gasteiger partial charge in [0, 0.05) is 30.4 Å². The number of thioether (sulfide) groups is 1. The molecular formula is C26H28FN7OS. The van der Waals surface area contributed by atoms with Gasteiger partial charge in [-0.2, -0.15) is 5.10 Å². The molecule has 186 valence electrons. The molecular weight excluding hydrogens is 477 g/mol. The van der Waals surface area contributed by atoms with E-state index in [1.807, 2.05) is 28.8 Å². The Morgan fingerprint density at radius 3 is 2.83 bits per heavy atom. The van der Waals surface area contributed by atoms with Gasteiger partial charge in [-0.05, 0) is 47.7 Å². The summed E-state index contributed by atoms with van der Waals surface area (Å²) in [4.78, 5) is 14.7. The maximum absolute atomic E-state index is 14.2. The van der Waals surface area contributed by atoms with Crippen LogP contribution in [0.5, 0.6) is 0 Å². The van der Waals surface area contributed by atoms with Crippen molar-refractivity contribution in [3.05, 3.63) is 82.7 Å². The molecule has 2 aliphatic heterocycles. The van der Waals surface area contributed by atoms with Gasteiger partial charge in [-0.1, -0.05) is 12.1 Å². The number of halogens is 1. The van der Waals surface area contributed by atoms with Gasteiger partial charge in [-0.3, -0.25) is 4.98 Å². The van der Waals surface area contributed by atoms with E-state index in [1.54, 1.807) is 12.4 Å². The van der Waals surface area contributed by atoms with Gasteiger partial charge < -0.3 is 20.4 Å². The number of pyridine rings is 1. The molecule has 8 nitrogen and oxygen atoms in total. The highest BCUT2D eigenvalue weighted by atomic mass is 32.2. The Labute approximate surface area is 214 Å². The second-order valence-electron chi connectivity index (χ2n) is 8.65. The summed E-state index contributed by atoms with van der Waals surface area (Å²) >= 11 is 1.85. The van der Waals surface area contributed by atoms with E-state index in [0.717, 1.165) is 17.1 Å². The Kier molecular flexibility index (Phi) is 7.73. The van der Waals surface area contributed by atoms with Crippen LogP contribution < -0.4 is 15.6 Å². The molecule has 1 unspecified atom stereocenters. The van der Waals surface area contributed by atoms with Crippen LogP contribution in [0.15, 0.2) is 59.3 Å². The molecule has 0 radical (unpaired) electrons. The van der Waals surface area contributed by atoms with Crippen molar-refractivity contribution in [3.63, 3.8) is 0 Å². The SMILES string of the molecule is Cc1cc(Nc2ccc(/C=N/NCc3ncc(F)c(N4CCOCC4)n3)nc2)cc(C2C=CSC2)c1. The molecule has 2 aromatic heterocycles. The number of nitrogens with zero attached hydrogens (tertiary/aromatic N) is 5. The lowest BCUT2D eigenvalue weighted by atomic mass is 9.98. The lowest BCUT2D eigenvalue weighted by Gasteiger charge is -2.28. The van der Waals surface area contributed by atoms with Gasteiger partial charge in [-0.15, -0.1) is 11.8 Å². The highest BCUT2D eigenvalue weighted by molar-refractivity contribution is 8.02. The number of anilines is 3. The van der Waals surface area contributed by atoms with Crippen molar-refractivity contribution in [3.8, 4) is 0 Å². The average molecular weight is 506 g/mol. The fourth-order valence-electron chi connectivity index (χ4n) is 4.10. The second kappa shape index (κ2) is 11.5. The fourth-order valence-corrected chi connectivity index (χ4v) is 5.02. The monoisotopic (exact) mass is 505 g/mol. The molecule has 1 aromatic carbocycles. The Bertz CT molecular complexity index is 1250. The smallest absolute Gasteiger partial charge is 0.183 e. The van der Waals surface area contributed by atoms with Crippen LogP contribution in [0, 0.1) is 12.7 Å². The van der Waals surface area contributed by atoms with E-state index in [2.05, 4.69) is 67.4 Å². The number of benzene rings is 1. The van der Waals surface area contributed by atoms with Crippen molar-refractivity contribution in [1.82, 2.24) is 20.4 Å². The van der Waals surface area contributed by atoms with Crippen LogP contribution in [0.2, 0.25) is 0 Å².